The van der Waals surface area contributed by atoms with Crippen molar-refractivity contribution in [3.05, 3.63) is 22.3 Å². The Morgan fingerprint density at radius 2 is 2.11 bits per heavy atom. The van der Waals surface area contributed by atoms with Gasteiger partial charge in [-0.05, 0) is 35.1 Å². The Balaban J connectivity index is 0.00000120. The summed E-state index contributed by atoms with van der Waals surface area (Å²) in [5.41, 5.74) is 0.452. The third kappa shape index (κ3) is 2.20. The Labute approximate surface area is 119 Å². The molecule has 1 saturated heterocycles. The molecule has 0 unspecified atom stereocenters. The molecule has 1 amide bonds. The number of hydrogen-bond acceptors (Lipinski definition) is 4. The predicted molar refractivity (Wildman–Crippen MR) is 73.1 cm³/mol. The number of pyridine rings is 1. The smallest absolute Gasteiger partial charge is 0.413 e. The molecule has 0 bridgehead atoms. The minimum Gasteiger partial charge on any atom is -0.438 e. The molecule has 1 spiro atoms. The van der Waals surface area contributed by atoms with Crippen LogP contribution in [-0.4, -0.2) is 24.2 Å². The van der Waals surface area contributed by atoms with Crippen LogP contribution in [0.25, 0.3) is 0 Å². The highest BCUT2D eigenvalue weighted by molar-refractivity contribution is 9.10. The summed E-state index contributed by atoms with van der Waals surface area (Å²) in [6.45, 7) is 1.69. The number of carbonyl (C=O) groups is 1. The number of halogens is 2. The molecule has 0 aromatic carbocycles. The van der Waals surface area contributed by atoms with Gasteiger partial charge in [0, 0.05) is 29.1 Å². The van der Waals surface area contributed by atoms with Gasteiger partial charge in [-0.1, -0.05) is 0 Å². The molecule has 7 heteroatoms. The van der Waals surface area contributed by atoms with Crippen LogP contribution in [0.4, 0.5) is 10.6 Å². The van der Waals surface area contributed by atoms with Crippen molar-refractivity contribution in [1.82, 2.24) is 10.3 Å². The van der Waals surface area contributed by atoms with Gasteiger partial charge in [0.1, 0.15) is 11.4 Å². The van der Waals surface area contributed by atoms with Gasteiger partial charge >= 0.3 is 6.09 Å². The van der Waals surface area contributed by atoms with Gasteiger partial charge in [0.05, 0.1) is 0 Å². The van der Waals surface area contributed by atoms with E-state index >= 15 is 0 Å². The normalized spacial score (nSPS) is 20.4. The average molecular weight is 335 g/mol. The number of nitrogens with zero attached hydrogens (tertiary/aromatic N) is 1. The maximum Gasteiger partial charge on any atom is 0.413 e. The van der Waals surface area contributed by atoms with Gasteiger partial charge in [-0.25, -0.2) is 9.78 Å². The van der Waals surface area contributed by atoms with Crippen LogP contribution in [-0.2, 0) is 10.3 Å². The van der Waals surface area contributed by atoms with Crippen molar-refractivity contribution in [2.45, 2.75) is 18.4 Å². The highest BCUT2D eigenvalue weighted by atomic mass is 79.9. The first kappa shape index (κ1) is 13.6. The Morgan fingerprint density at radius 3 is 2.83 bits per heavy atom. The molecular formula is C11H13BrClN3O2. The molecule has 1 aromatic heterocycles. The molecular weight excluding hydrogens is 321 g/mol. The Morgan fingerprint density at radius 1 is 1.39 bits per heavy atom. The van der Waals surface area contributed by atoms with Crippen LogP contribution in [0.1, 0.15) is 18.4 Å². The maximum absolute atomic E-state index is 11.6. The molecule has 0 radical (unpaired) electrons. The second kappa shape index (κ2) is 5.03. The lowest BCUT2D eigenvalue weighted by Crippen LogP contribution is -2.47. The summed E-state index contributed by atoms with van der Waals surface area (Å²) in [6.07, 6.45) is 2.84. The van der Waals surface area contributed by atoms with E-state index in [0.717, 1.165) is 36.0 Å². The number of carbonyl (C=O) groups excluding carboxylic acids is 1. The first-order valence-corrected chi connectivity index (χ1v) is 6.36. The first-order valence-electron chi connectivity index (χ1n) is 5.56. The number of fused-ring (bicyclic) bond motifs is 2. The molecule has 3 heterocycles. The Bertz CT molecular complexity index is 477. The fourth-order valence-corrected chi connectivity index (χ4v) is 2.77. The van der Waals surface area contributed by atoms with E-state index in [2.05, 4.69) is 31.5 Å². The molecule has 0 saturated carbocycles. The quantitative estimate of drug-likeness (QED) is 0.765. The monoisotopic (exact) mass is 333 g/mol. The highest BCUT2D eigenvalue weighted by Crippen LogP contribution is 2.42. The molecule has 1 fully saturated rings. The fourth-order valence-electron chi connectivity index (χ4n) is 2.44. The Hall–Kier alpha value is -0.850. The molecule has 5 nitrogen and oxygen atoms in total. The van der Waals surface area contributed by atoms with Gasteiger partial charge in [0.15, 0.2) is 0 Å². The molecule has 0 aliphatic carbocycles. The van der Waals surface area contributed by atoms with Gasteiger partial charge in [-0.2, -0.15) is 0 Å². The van der Waals surface area contributed by atoms with Crippen LogP contribution in [0.3, 0.4) is 0 Å². The minimum atomic E-state index is -0.514. The molecule has 1 aromatic rings. The molecule has 2 N–H and O–H groups in total. The summed E-state index contributed by atoms with van der Waals surface area (Å²) in [7, 11) is 0. The lowest BCUT2D eigenvalue weighted by atomic mass is 9.84. The number of rotatable bonds is 0. The lowest BCUT2D eigenvalue weighted by molar-refractivity contribution is -0.0130. The van der Waals surface area contributed by atoms with Crippen LogP contribution in [0.15, 0.2) is 16.7 Å². The van der Waals surface area contributed by atoms with Crippen LogP contribution in [0.2, 0.25) is 0 Å². The zero-order valence-electron chi connectivity index (χ0n) is 9.53. The SMILES string of the molecule is Cl.O=C1Nc2ncc(Br)cc2C2(CCNCC2)O1. The third-order valence-corrected chi connectivity index (χ3v) is 3.70. The van der Waals surface area contributed by atoms with E-state index in [4.69, 9.17) is 4.74 Å². The fraction of sp³-hybridized carbons (Fsp3) is 0.455. The highest BCUT2D eigenvalue weighted by Gasteiger charge is 2.43. The summed E-state index contributed by atoms with van der Waals surface area (Å²) in [6, 6.07) is 1.98. The lowest BCUT2D eigenvalue weighted by Gasteiger charge is -2.40. The summed E-state index contributed by atoms with van der Waals surface area (Å²) in [5.74, 6) is 0.617. The summed E-state index contributed by atoms with van der Waals surface area (Å²) < 4.78 is 6.44. The molecule has 3 rings (SSSR count). The summed E-state index contributed by atoms with van der Waals surface area (Å²) in [5, 5.41) is 5.92. The second-order valence-corrected chi connectivity index (χ2v) is 5.22. The molecule has 2 aliphatic rings. The van der Waals surface area contributed by atoms with E-state index < -0.39 is 11.7 Å². The van der Waals surface area contributed by atoms with Gasteiger partial charge < -0.3 is 10.1 Å². The van der Waals surface area contributed by atoms with Gasteiger partial charge in [0.2, 0.25) is 0 Å². The molecule has 0 atom stereocenters. The number of piperidine rings is 1. The number of aromatic nitrogens is 1. The molecule has 98 valence electrons. The van der Waals surface area contributed by atoms with E-state index in [9.17, 15) is 4.79 Å². The minimum absolute atomic E-state index is 0. The van der Waals surface area contributed by atoms with E-state index in [0.29, 0.717) is 5.82 Å². The molecule has 18 heavy (non-hydrogen) atoms. The average Bonchev–Trinajstić information content (AvgIpc) is 2.31. The maximum atomic E-state index is 11.6. The molecule has 2 aliphatic heterocycles. The van der Waals surface area contributed by atoms with Gasteiger partial charge in [-0.3, -0.25) is 5.32 Å². The number of ether oxygens (including phenoxy) is 1. The van der Waals surface area contributed by atoms with Crippen molar-refractivity contribution >= 4 is 40.2 Å². The third-order valence-electron chi connectivity index (χ3n) is 3.26. The van der Waals surface area contributed by atoms with Crippen LogP contribution in [0.5, 0.6) is 0 Å². The van der Waals surface area contributed by atoms with Gasteiger partial charge in [-0.15, -0.1) is 12.4 Å². The van der Waals surface area contributed by atoms with Crippen molar-refractivity contribution in [1.29, 1.82) is 0 Å². The van der Waals surface area contributed by atoms with Crippen molar-refractivity contribution in [2.75, 3.05) is 18.4 Å². The summed E-state index contributed by atoms with van der Waals surface area (Å²) >= 11 is 3.41. The second-order valence-electron chi connectivity index (χ2n) is 4.31. The Kier molecular flexibility index (Phi) is 3.79. The zero-order chi connectivity index (χ0) is 11.9. The number of anilines is 1. The van der Waals surface area contributed by atoms with Crippen molar-refractivity contribution in [3.8, 4) is 0 Å². The van der Waals surface area contributed by atoms with E-state index in [1.54, 1.807) is 6.20 Å². The predicted octanol–water partition coefficient (Wildman–Crippen LogP) is 2.41. The standard InChI is InChI=1S/C11H12BrN3O2.ClH/c12-7-5-8-9(14-6-7)15-10(16)17-11(8)1-3-13-4-2-11;/h5-6,13H,1-4H2,(H,14,15,16);1H. The number of hydrogen-bond donors (Lipinski definition) is 2. The van der Waals surface area contributed by atoms with E-state index in [1.165, 1.54) is 0 Å². The van der Waals surface area contributed by atoms with E-state index in [-0.39, 0.29) is 12.4 Å². The van der Waals surface area contributed by atoms with Crippen LogP contribution < -0.4 is 10.6 Å². The van der Waals surface area contributed by atoms with Crippen molar-refractivity contribution in [3.63, 3.8) is 0 Å². The zero-order valence-corrected chi connectivity index (χ0v) is 11.9. The number of amides is 1. The van der Waals surface area contributed by atoms with Crippen LogP contribution >= 0.6 is 28.3 Å². The van der Waals surface area contributed by atoms with Crippen molar-refractivity contribution < 1.29 is 9.53 Å². The number of nitrogens with one attached hydrogen (secondary N) is 2. The topological polar surface area (TPSA) is 63.2 Å². The van der Waals surface area contributed by atoms with Crippen molar-refractivity contribution in [2.24, 2.45) is 0 Å². The van der Waals surface area contributed by atoms with Gasteiger partial charge in [0.25, 0.3) is 0 Å². The summed E-state index contributed by atoms with van der Waals surface area (Å²) in [4.78, 5) is 15.8. The largest absolute Gasteiger partial charge is 0.438 e. The van der Waals surface area contributed by atoms with Crippen LogP contribution in [0, 0.1) is 0 Å². The first-order chi connectivity index (χ1) is 8.20. The van der Waals surface area contributed by atoms with E-state index in [1.807, 2.05) is 6.07 Å².